The average molecular weight is 313 g/mol. The van der Waals surface area contributed by atoms with Crippen LogP contribution in [0.5, 0.6) is 5.75 Å². The van der Waals surface area contributed by atoms with Gasteiger partial charge in [-0.3, -0.25) is 4.79 Å². The summed E-state index contributed by atoms with van der Waals surface area (Å²) in [5.74, 6) is 0.756. The van der Waals surface area contributed by atoms with Gasteiger partial charge in [-0.1, -0.05) is 15.9 Å². The van der Waals surface area contributed by atoms with E-state index in [1.165, 1.54) is 0 Å². The quantitative estimate of drug-likeness (QED) is 0.872. The van der Waals surface area contributed by atoms with Gasteiger partial charge in [0.15, 0.2) is 5.78 Å². The van der Waals surface area contributed by atoms with Crippen molar-refractivity contribution in [3.8, 4) is 5.75 Å². The first-order chi connectivity index (χ1) is 8.61. The number of halogens is 1. The molecule has 1 aliphatic carbocycles. The second kappa shape index (κ2) is 5.85. The van der Waals surface area contributed by atoms with E-state index in [0.29, 0.717) is 24.2 Å². The molecule has 1 saturated carbocycles. The minimum absolute atomic E-state index is 0.0107. The van der Waals surface area contributed by atoms with Crippen molar-refractivity contribution in [1.82, 2.24) is 0 Å². The van der Waals surface area contributed by atoms with Gasteiger partial charge in [0.25, 0.3) is 0 Å². The van der Waals surface area contributed by atoms with Crippen LogP contribution in [0.2, 0.25) is 0 Å². The van der Waals surface area contributed by atoms with Crippen LogP contribution in [0.15, 0.2) is 22.7 Å². The SMILES string of the molecule is COc1ccc(Br)cc1C(=O)C1CCC(O)CC1. The fourth-order valence-corrected chi connectivity index (χ4v) is 2.79. The number of rotatable bonds is 3. The number of methoxy groups -OCH3 is 1. The van der Waals surface area contributed by atoms with Gasteiger partial charge in [-0.05, 0) is 43.9 Å². The highest BCUT2D eigenvalue weighted by molar-refractivity contribution is 9.10. The topological polar surface area (TPSA) is 46.5 Å². The third kappa shape index (κ3) is 2.93. The molecule has 1 fully saturated rings. The zero-order chi connectivity index (χ0) is 13.1. The Morgan fingerprint density at radius 2 is 2.00 bits per heavy atom. The number of carbonyl (C=O) groups is 1. The molecule has 3 nitrogen and oxygen atoms in total. The molecule has 2 rings (SSSR count). The number of ether oxygens (including phenoxy) is 1. The number of carbonyl (C=O) groups excluding carboxylic acids is 1. The maximum Gasteiger partial charge on any atom is 0.169 e. The first kappa shape index (κ1) is 13.6. The molecular formula is C14H17BrO3. The predicted octanol–water partition coefficient (Wildman–Crippen LogP) is 3.19. The van der Waals surface area contributed by atoms with Crippen LogP contribution in [-0.2, 0) is 0 Å². The van der Waals surface area contributed by atoms with Gasteiger partial charge in [-0.15, -0.1) is 0 Å². The van der Waals surface area contributed by atoms with E-state index in [1.807, 2.05) is 12.1 Å². The molecule has 18 heavy (non-hydrogen) atoms. The molecule has 0 aromatic heterocycles. The van der Waals surface area contributed by atoms with Crippen molar-refractivity contribution in [2.75, 3.05) is 7.11 Å². The van der Waals surface area contributed by atoms with Gasteiger partial charge in [0.2, 0.25) is 0 Å². The number of aliphatic hydroxyl groups excluding tert-OH is 1. The fraction of sp³-hybridized carbons (Fsp3) is 0.500. The van der Waals surface area contributed by atoms with Gasteiger partial charge >= 0.3 is 0 Å². The molecule has 1 aromatic rings. The number of benzene rings is 1. The minimum Gasteiger partial charge on any atom is -0.496 e. The molecule has 0 aliphatic heterocycles. The zero-order valence-corrected chi connectivity index (χ0v) is 11.9. The molecule has 0 bridgehead atoms. The van der Waals surface area contributed by atoms with Gasteiger partial charge in [-0.25, -0.2) is 0 Å². The van der Waals surface area contributed by atoms with Crippen molar-refractivity contribution in [2.24, 2.45) is 5.92 Å². The Bertz CT molecular complexity index is 437. The second-order valence-electron chi connectivity index (χ2n) is 4.71. The minimum atomic E-state index is -0.238. The third-order valence-electron chi connectivity index (χ3n) is 3.49. The van der Waals surface area contributed by atoms with E-state index >= 15 is 0 Å². The lowest BCUT2D eigenvalue weighted by Gasteiger charge is -2.24. The molecule has 1 N–H and O–H groups in total. The summed E-state index contributed by atoms with van der Waals surface area (Å²) < 4.78 is 6.12. The van der Waals surface area contributed by atoms with Crippen molar-refractivity contribution in [1.29, 1.82) is 0 Å². The van der Waals surface area contributed by atoms with E-state index in [1.54, 1.807) is 13.2 Å². The Morgan fingerprint density at radius 1 is 1.33 bits per heavy atom. The van der Waals surface area contributed by atoms with Crippen LogP contribution in [0.1, 0.15) is 36.0 Å². The summed E-state index contributed by atoms with van der Waals surface area (Å²) in [7, 11) is 1.57. The Balaban J connectivity index is 2.20. The Kier molecular flexibility index (Phi) is 4.40. The summed E-state index contributed by atoms with van der Waals surface area (Å²) in [6.45, 7) is 0. The molecule has 1 aromatic carbocycles. The van der Waals surface area contributed by atoms with E-state index in [9.17, 15) is 9.90 Å². The van der Waals surface area contributed by atoms with Crippen molar-refractivity contribution in [2.45, 2.75) is 31.8 Å². The maximum atomic E-state index is 12.5. The van der Waals surface area contributed by atoms with E-state index in [2.05, 4.69) is 15.9 Å². The predicted molar refractivity (Wildman–Crippen MR) is 73.0 cm³/mol. The third-order valence-corrected chi connectivity index (χ3v) is 3.99. The van der Waals surface area contributed by atoms with Crippen LogP contribution in [0, 0.1) is 5.92 Å². The lowest BCUT2D eigenvalue weighted by molar-refractivity contribution is 0.0762. The summed E-state index contributed by atoms with van der Waals surface area (Å²) in [6, 6.07) is 5.47. The molecular weight excluding hydrogens is 296 g/mol. The Hall–Kier alpha value is -0.870. The normalized spacial score (nSPS) is 23.7. The molecule has 98 valence electrons. The van der Waals surface area contributed by atoms with E-state index in [4.69, 9.17) is 4.74 Å². The number of ketones is 1. The second-order valence-corrected chi connectivity index (χ2v) is 5.63. The molecule has 1 aliphatic rings. The van der Waals surface area contributed by atoms with Crippen LogP contribution >= 0.6 is 15.9 Å². The van der Waals surface area contributed by atoms with Crippen LogP contribution in [-0.4, -0.2) is 24.1 Å². The molecule has 0 radical (unpaired) electrons. The highest BCUT2D eigenvalue weighted by Gasteiger charge is 2.27. The van der Waals surface area contributed by atoms with Crippen molar-refractivity contribution < 1.29 is 14.6 Å². The van der Waals surface area contributed by atoms with Crippen molar-refractivity contribution in [3.05, 3.63) is 28.2 Å². The molecule has 0 saturated heterocycles. The van der Waals surface area contributed by atoms with E-state index in [0.717, 1.165) is 17.3 Å². The first-order valence-corrected chi connectivity index (χ1v) is 6.97. The van der Waals surface area contributed by atoms with E-state index < -0.39 is 0 Å². The van der Waals surface area contributed by atoms with Gasteiger partial charge in [0, 0.05) is 10.4 Å². The van der Waals surface area contributed by atoms with Gasteiger partial charge < -0.3 is 9.84 Å². The number of hydrogen-bond donors (Lipinski definition) is 1. The Labute approximate surface area is 115 Å². The summed E-state index contributed by atoms with van der Waals surface area (Å²) in [5, 5.41) is 9.48. The molecule has 4 heteroatoms. The number of hydrogen-bond acceptors (Lipinski definition) is 3. The standard InChI is InChI=1S/C14H17BrO3/c1-18-13-7-4-10(15)8-12(13)14(17)9-2-5-11(16)6-3-9/h4,7-9,11,16H,2-3,5-6H2,1H3. The summed E-state index contributed by atoms with van der Waals surface area (Å²) >= 11 is 3.38. The fourth-order valence-electron chi connectivity index (χ4n) is 2.43. The lowest BCUT2D eigenvalue weighted by Crippen LogP contribution is -2.24. The van der Waals surface area contributed by atoms with Crippen LogP contribution in [0.3, 0.4) is 0 Å². The highest BCUT2D eigenvalue weighted by Crippen LogP contribution is 2.31. The van der Waals surface area contributed by atoms with Gasteiger partial charge in [0.1, 0.15) is 5.75 Å². The molecule has 0 spiro atoms. The van der Waals surface area contributed by atoms with Crippen LogP contribution in [0.4, 0.5) is 0 Å². The van der Waals surface area contributed by atoms with Crippen LogP contribution in [0.25, 0.3) is 0 Å². The summed E-state index contributed by atoms with van der Waals surface area (Å²) in [5.41, 5.74) is 0.633. The largest absolute Gasteiger partial charge is 0.496 e. The highest BCUT2D eigenvalue weighted by atomic mass is 79.9. The van der Waals surface area contributed by atoms with Gasteiger partial charge in [-0.2, -0.15) is 0 Å². The molecule has 0 unspecified atom stereocenters. The van der Waals surface area contributed by atoms with Gasteiger partial charge in [0.05, 0.1) is 18.8 Å². The average Bonchev–Trinajstić information content (AvgIpc) is 2.39. The van der Waals surface area contributed by atoms with Crippen molar-refractivity contribution >= 4 is 21.7 Å². The summed E-state index contributed by atoms with van der Waals surface area (Å²) in [6.07, 6.45) is 2.71. The van der Waals surface area contributed by atoms with E-state index in [-0.39, 0.29) is 17.8 Å². The molecule has 0 amide bonds. The molecule has 0 heterocycles. The zero-order valence-electron chi connectivity index (χ0n) is 10.4. The Morgan fingerprint density at radius 3 is 2.61 bits per heavy atom. The maximum absolute atomic E-state index is 12.5. The number of Topliss-reactive ketones (excluding diaryl/α,β-unsaturated/α-hetero) is 1. The summed E-state index contributed by atoms with van der Waals surface area (Å²) in [4.78, 5) is 12.5. The molecule has 0 atom stereocenters. The van der Waals surface area contributed by atoms with Crippen LogP contribution < -0.4 is 4.74 Å². The first-order valence-electron chi connectivity index (χ1n) is 6.17. The number of aliphatic hydroxyl groups is 1. The monoisotopic (exact) mass is 312 g/mol. The lowest BCUT2D eigenvalue weighted by atomic mass is 9.82. The van der Waals surface area contributed by atoms with Crippen molar-refractivity contribution in [3.63, 3.8) is 0 Å². The smallest absolute Gasteiger partial charge is 0.169 e.